The molecule has 0 saturated heterocycles. The number of likely N-dealkylation sites (N-methyl/N-ethyl adjacent to an activating group) is 1. The minimum absolute atomic E-state index is 0.0898. The second kappa shape index (κ2) is 11.9. The van der Waals surface area contributed by atoms with Crippen molar-refractivity contribution in [3.8, 4) is 0 Å². The largest absolute Gasteiger partial charge is 0.355 e. The molecule has 3 rings (SSSR count). The molecule has 2 amide bonds. The number of carbonyl (C=O) groups excluding carboxylic acids is 2. The zero-order valence-corrected chi connectivity index (χ0v) is 22.0. The van der Waals surface area contributed by atoms with Crippen LogP contribution in [-0.4, -0.2) is 44.3 Å². The molecule has 0 aliphatic rings. The fourth-order valence-electron chi connectivity index (χ4n) is 3.84. The molecule has 0 bridgehead atoms. The van der Waals surface area contributed by atoms with E-state index in [1.165, 1.54) is 17.0 Å². The van der Waals surface area contributed by atoms with Gasteiger partial charge in [0.15, 0.2) is 0 Å². The van der Waals surface area contributed by atoms with E-state index in [9.17, 15) is 18.0 Å². The number of nitrogens with one attached hydrogen (secondary N) is 1. The second-order valence-electron chi connectivity index (χ2n) is 8.68. The van der Waals surface area contributed by atoms with E-state index in [0.29, 0.717) is 12.2 Å². The summed E-state index contributed by atoms with van der Waals surface area (Å²) >= 11 is 0. The van der Waals surface area contributed by atoms with E-state index in [2.05, 4.69) is 5.32 Å². The molecule has 8 heteroatoms. The zero-order chi connectivity index (χ0) is 26.3. The molecular formula is C28H33N3O4S. The van der Waals surface area contributed by atoms with Crippen molar-refractivity contribution in [1.29, 1.82) is 0 Å². The van der Waals surface area contributed by atoms with Gasteiger partial charge in [0.1, 0.15) is 12.6 Å². The number of nitrogens with zero attached hydrogens (tertiary/aromatic N) is 2. The van der Waals surface area contributed by atoms with Crippen LogP contribution in [0.1, 0.15) is 30.5 Å². The SMILES string of the molecule is CCNC(=O)C(C)N(Cc1ccccc1C)C(=O)CN(c1ccccc1)S(=O)(=O)c1ccc(C)cc1. The van der Waals surface area contributed by atoms with Crippen LogP contribution in [0.2, 0.25) is 0 Å². The minimum Gasteiger partial charge on any atom is -0.355 e. The first-order chi connectivity index (χ1) is 17.1. The molecule has 7 nitrogen and oxygen atoms in total. The van der Waals surface area contributed by atoms with Gasteiger partial charge in [0, 0.05) is 13.1 Å². The third kappa shape index (κ3) is 6.31. The normalized spacial score (nSPS) is 12.0. The highest BCUT2D eigenvalue weighted by molar-refractivity contribution is 7.92. The molecule has 0 aromatic heterocycles. The number of aryl methyl sites for hydroxylation is 2. The maximum Gasteiger partial charge on any atom is 0.264 e. The quantitative estimate of drug-likeness (QED) is 0.449. The summed E-state index contributed by atoms with van der Waals surface area (Å²) in [5.41, 5.74) is 3.16. The lowest BCUT2D eigenvalue weighted by Gasteiger charge is -2.32. The van der Waals surface area contributed by atoms with E-state index in [1.54, 1.807) is 49.4 Å². The van der Waals surface area contributed by atoms with Crippen molar-refractivity contribution in [3.63, 3.8) is 0 Å². The fourth-order valence-corrected chi connectivity index (χ4v) is 5.25. The molecular weight excluding hydrogens is 474 g/mol. The number of benzene rings is 3. The highest BCUT2D eigenvalue weighted by atomic mass is 32.2. The third-order valence-electron chi connectivity index (χ3n) is 6.05. The van der Waals surface area contributed by atoms with Crippen LogP contribution < -0.4 is 9.62 Å². The van der Waals surface area contributed by atoms with Crippen LogP contribution >= 0.6 is 0 Å². The van der Waals surface area contributed by atoms with Gasteiger partial charge in [0.2, 0.25) is 11.8 Å². The van der Waals surface area contributed by atoms with Gasteiger partial charge < -0.3 is 10.2 Å². The fraction of sp³-hybridized carbons (Fsp3) is 0.286. The van der Waals surface area contributed by atoms with Gasteiger partial charge in [-0.3, -0.25) is 13.9 Å². The average Bonchev–Trinajstić information content (AvgIpc) is 2.87. The maximum absolute atomic E-state index is 13.8. The van der Waals surface area contributed by atoms with Gasteiger partial charge in [-0.05, 0) is 63.1 Å². The Morgan fingerprint density at radius 1 is 0.889 bits per heavy atom. The van der Waals surface area contributed by atoms with E-state index >= 15 is 0 Å². The third-order valence-corrected chi connectivity index (χ3v) is 7.84. The maximum atomic E-state index is 13.8. The Morgan fingerprint density at radius 3 is 2.11 bits per heavy atom. The van der Waals surface area contributed by atoms with E-state index in [1.807, 2.05) is 45.0 Å². The van der Waals surface area contributed by atoms with Crippen LogP contribution in [0.25, 0.3) is 0 Å². The number of anilines is 1. The lowest BCUT2D eigenvalue weighted by molar-refractivity contribution is -0.139. The van der Waals surface area contributed by atoms with Crippen molar-refractivity contribution in [1.82, 2.24) is 10.2 Å². The van der Waals surface area contributed by atoms with E-state index in [-0.39, 0.29) is 17.3 Å². The minimum atomic E-state index is -4.05. The van der Waals surface area contributed by atoms with Gasteiger partial charge in [-0.25, -0.2) is 8.42 Å². The first-order valence-electron chi connectivity index (χ1n) is 11.9. The molecule has 0 fully saturated rings. The Bertz CT molecular complexity index is 1290. The predicted molar refractivity (Wildman–Crippen MR) is 142 cm³/mol. The number of hydrogen-bond donors (Lipinski definition) is 1. The Labute approximate surface area is 213 Å². The van der Waals surface area contributed by atoms with Crippen molar-refractivity contribution in [2.24, 2.45) is 0 Å². The first kappa shape index (κ1) is 26.9. The smallest absolute Gasteiger partial charge is 0.264 e. The lowest BCUT2D eigenvalue weighted by atomic mass is 10.1. The molecule has 190 valence electrons. The van der Waals surface area contributed by atoms with Crippen molar-refractivity contribution in [2.45, 2.75) is 45.2 Å². The Morgan fingerprint density at radius 2 is 1.50 bits per heavy atom. The summed E-state index contributed by atoms with van der Waals surface area (Å²) in [6.45, 7) is 7.43. The van der Waals surface area contributed by atoms with Crippen LogP contribution in [0.5, 0.6) is 0 Å². The van der Waals surface area contributed by atoms with Gasteiger partial charge in [-0.2, -0.15) is 0 Å². The second-order valence-corrected chi connectivity index (χ2v) is 10.5. The standard InChI is InChI=1S/C28H33N3O4S/c1-5-29-28(33)23(4)30(19-24-12-10-9-11-22(24)3)27(32)20-31(25-13-7-6-8-14-25)36(34,35)26-17-15-21(2)16-18-26/h6-18,23H,5,19-20H2,1-4H3,(H,29,33). The van der Waals surface area contributed by atoms with Crippen LogP contribution in [0, 0.1) is 13.8 Å². The molecule has 1 unspecified atom stereocenters. The predicted octanol–water partition coefficient (Wildman–Crippen LogP) is 4.05. The molecule has 0 saturated carbocycles. The molecule has 0 aliphatic carbocycles. The summed E-state index contributed by atoms with van der Waals surface area (Å²) in [6, 6.07) is 21.9. The van der Waals surface area contributed by atoms with Crippen molar-refractivity contribution < 1.29 is 18.0 Å². The van der Waals surface area contributed by atoms with Crippen LogP contribution in [0.15, 0.2) is 83.8 Å². The van der Waals surface area contributed by atoms with E-state index < -0.39 is 28.5 Å². The summed E-state index contributed by atoms with van der Waals surface area (Å²) in [5, 5.41) is 2.76. The monoisotopic (exact) mass is 507 g/mol. The molecule has 3 aromatic rings. The van der Waals surface area contributed by atoms with Gasteiger partial charge >= 0.3 is 0 Å². The molecule has 0 spiro atoms. The van der Waals surface area contributed by atoms with Crippen molar-refractivity contribution >= 4 is 27.5 Å². The number of para-hydroxylation sites is 1. The molecule has 1 atom stereocenters. The van der Waals surface area contributed by atoms with Gasteiger partial charge in [-0.1, -0.05) is 60.2 Å². The number of sulfonamides is 1. The number of amides is 2. The summed E-state index contributed by atoms with van der Waals surface area (Å²) in [4.78, 5) is 28.0. The van der Waals surface area contributed by atoms with E-state index in [4.69, 9.17) is 0 Å². The Balaban J connectivity index is 2.01. The van der Waals surface area contributed by atoms with Crippen molar-refractivity contribution in [3.05, 3.63) is 95.6 Å². The molecule has 0 radical (unpaired) electrons. The molecule has 3 aromatic carbocycles. The summed E-state index contributed by atoms with van der Waals surface area (Å²) in [6.07, 6.45) is 0. The molecule has 0 aliphatic heterocycles. The highest BCUT2D eigenvalue weighted by Crippen LogP contribution is 2.25. The van der Waals surface area contributed by atoms with Crippen LogP contribution in [0.4, 0.5) is 5.69 Å². The summed E-state index contributed by atoms with van der Waals surface area (Å²) < 4.78 is 28.5. The average molecular weight is 508 g/mol. The van der Waals surface area contributed by atoms with E-state index in [0.717, 1.165) is 21.0 Å². The Kier molecular flexibility index (Phi) is 8.88. The number of carbonyl (C=O) groups is 2. The Hall–Kier alpha value is -3.65. The molecule has 0 heterocycles. The van der Waals surface area contributed by atoms with Gasteiger partial charge in [-0.15, -0.1) is 0 Å². The summed E-state index contributed by atoms with van der Waals surface area (Å²) in [7, 11) is -4.05. The first-order valence-corrected chi connectivity index (χ1v) is 13.3. The van der Waals surface area contributed by atoms with Gasteiger partial charge in [0.05, 0.1) is 10.6 Å². The van der Waals surface area contributed by atoms with Gasteiger partial charge in [0.25, 0.3) is 10.0 Å². The zero-order valence-electron chi connectivity index (χ0n) is 21.1. The summed E-state index contributed by atoms with van der Waals surface area (Å²) in [5.74, 6) is -0.774. The highest BCUT2D eigenvalue weighted by Gasteiger charge is 2.32. The number of rotatable bonds is 10. The lowest BCUT2D eigenvalue weighted by Crippen LogP contribution is -2.51. The van der Waals surface area contributed by atoms with Crippen molar-refractivity contribution in [2.75, 3.05) is 17.4 Å². The molecule has 1 N–H and O–H groups in total. The van der Waals surface area contributed by atoms with Crippen LogP contribution in [-0.2, 0) is 26.2 Å². The van der Waals surface area contributed by atoms with Crippen LogP contribution in [0.3, 0.4) is 0 Å². The molecule has 36 heavy (non-hydrogen) atoms. The number of hydrogen-bond acceptors (Lipinski definition) is 4. The topological polar surface area (TPSA) is 86.8 Å².